The van der Waals surface area contributed by atoms with Crippen LogP contribution in [-0.2, 0) is 14.8 Å². The molecule has 1 saturated heterocycles. The third-order valence-corrected chi connectivity index (χ3v) is 7.22. The lowest BCUT2D eigenvalue weighted by atomic mass is 9.99. The molecule has 0 aromatic carbocycles. The summed E-state index contributed by atoms with van der Waals surface area (Å²) in [7, 11) is -3.53. The van der Waals surface area contributed by atoms with Gasteiger partial charge in [-0.2, -0.15) is 4.31 Å². The van der Waals surface area contributed by atoms with Gasteiger partial charge in [-0.05, 0) is 40.9 Å². The molecule has 1 atom stereocenters. The van der Waals surface area contributed by atoms with Crippen LogP contribution in [0.15, 0.2) is 20.1 Å². The van der Waals surface area contributed by atoms with E-state index in [4.69, 9.17) is 6.42 Å². The van der Waals surface area contributed by atoms with Crippen LogP contribution in [0.1, 0.15) is 12.8 Å². The summed E-state index contributed by atoms with van der Waals surface area (Å²) in [6.45, 7) is 0.810. The molecule has 0 bridgehead atoms. The lowest BCUT2D eigenvalue weighted by Crippen LogP contribution is -2.45. The number of halogens is 1. The molecule has 1 fully saturated rings. The summed E-state index contributed by atoms with van der Waals surface area (Å²) < 4.78 is 27.5. The smallest absolute Gasteiger partial charge is 0.252 e. The average Bonchev–Trinajstić information content (AvgIpc) is 2.92. The quantitative estimate of drug-likeness (QED) is 0.794. The van der Waals surface area contributed by atoms with Gasteiger partial charge in [0.1, 0.15) is 4.21 Å². The summed E-state index contributed by atoms with van der Waals surface area (Å²) in [4.78, 5) is 11.9. The van der Waals surface area contributed by atoms with E-state index in [1.165, 1.54) is 15.6 Å². The van der Waals surface area contributed by atoms with E-state index in [9.17, 15) is 13.2 Å². The summed E-state index contributed by atoms with van der Waals surface area (Å²) in [6.07, 6.45) is 6.45. The fraction of sp³-hybridized carbons (Fsp3) is 0.462. The fourth-order valence-electron chi connectivity index (χ4n) is 2.22. The van der Waals surface area contributed by atoms with Gasteiger partial charge in [0, 0.05) is 13.1 Å². The van der Waals surface area contributed by atoms with Gasteiger partial charge in [0.25, 0.3) is 10.0 Å². The number of carbonyl (C=O) groups excluding carboxylic acids is 1. The van der Waals surface area contributed by atoms with Crippen LogP contribution in [0.5, 0.6) is 0 Å². The molecule has 1 aliphatic heterocycles. The Hall–Kier alpha value is -0.880. The maximum Gasteiger partial charge on any atom is 0.252 e. The first-order valence-corrected chi connectivity index (χ1v) is 9.47. The van der Waals surface area contributed by atoms with Crippen molar-refractivity contribution < 1.29 is 13.2 Å². The molecule has 21 heavy (non-hydrogen) atoms. The minimum Gasteiger partial charge on any atom is -0.345 e. The van der Waals surface area contributed by atoms with E-state index >= 15 is 0 Å². The summed E-state index contributed by atoms with van der Waals surface area (Å²) in [5.74, 6) is 1.82. The van der Waals surface area contributed by atoms with Crippen LogP contribution in [0, 0.1) is 18.3 Å². The largest absolute Gasteiger partial charge is 0.345 e. The molecule has 0 saturated carbocycles. The fourth-order valence-corrected chi connectivity index (χ4v) is 5.91. The number of rotatable bonds is 4. The predicted octanol–water partition coefficient (Wildman–Crippen LogP) is 1.66. The minimum absolute atomic E-state index is 0.167. The standard InChI is InChI=1S/C13H15BrN2O3S2/c1-2-7-15-13(17)10-4-3-8-16(9-10)21(18,19)12-6-5-11(14)20-12/h1,5-6,10H,3-4,7-9H2,(H,15,17). The zero-order valence-corrected chi connectivity index (χ0v) is 14.4. The molecule has 0 aliphatic carbocycles. The summed E-state index contributed by atoms with van der Waals surface area (Å²) in [5.41, 5.74) is 0. The Morgan fingerprint density at radius 1 is 1.57 bits per heavy atom. The van der Waals surface area contributed by atoms with E-state index in [0.717, 1.165) is 3.79 Å². The first-order chi connectivity index (χ1) is 9.95. The van der Waals surface area contributed by atoms with Crippen molar-refractivity contribution in [3.63, 3.8) is 0 Å². The van der Waals surface area contributed by atoms with Crippen molar-refractivity contribution in [3.8, 4) is 12.3 Å². The highest BCUT2D eigenvalue weighted by Crippen LogP contribution is 2.30. The molecule has 1 unspecified atom stereocenters. The lowest BCUT2D eigenvalue weighted by Gasteiger charge is -2.30. The van der Waals surface area contributed by atoms with Gasteiger partial charge in [-0.25, -0.2) is 8.42 Å². The van der Waals surface area contributed by atoms with Crippen LogP contribution < -0.4 is 5.32 Å². The van der Waals surface area contributed by atoms with E-state index in [-0.39, 0.29) is 24.9 Å². The Morgan fingerprint density at radius 3 is 2.95 bits per heavy atom. The van der Waals surface area contributed by atoms with Gasteiger partial charge in [-0.3, -0.25) is 4.79 Å². The lowest BCUT2D eigenvalue weighted by molar-refractivity contribution is -0.125. The summed E-state index contributed by atoms with van der Waals surface area (Å²) in [5, 5.41) is 2.62. The van der Waals surface area contributed by atoms with Crippen LogP contribution in [0.3, 0.4) is 0 Å². The number of nitrogens with one attached hydrogen (secondary N) is 1. The molecule has 2 rings (SSSR count). The SMILES string of the molecule is C#CCNC(=O)C1CCCN(S(=O)(=O)c2ccc(Br)s2)C1. The minimum atomic E-state index is -3.53. The van der Waals surface area contributed by atoms with Crippen molar-refractivity contribution in [1.29, 1.82) is 0 Å². The van der Waals surface area contributed by atoms with Gasteiger partial charge in [0.05, 0.1) is 16.2 Å². The van der Waals surface area contributed by atoms with Crippen molar-refractivity contribution >= 4 is 43.2 Å². The Balaban J connectivity index is 2.10. The van der Waals surface area contributed by atoms with Crippen LogP contribution in [0.25, 0.3) is 0 Å². The van der Waals surface area contributed by atoms with E-state index in [2.05, 4.69) is 27.2 Å². The number of terminal acetylenes is 1. The first kappa shape index (κ1) is 16.5. The number of piperidine rings is 1. The highest BCUT2D eigenvalue weighted by atomic mass is 79.9. The number of hydrogen-bond acceptors (Lipinski definition) is 4. The Kier molecular flexibility index (Phi) is 5.43. The molecular formula is C13H15BrN2O3S2. The molecule has 5 nitrogen and oxygen atoms in total. The molecular weight excluding hydrogens is 376 g/mol. The monoisotopic (exact) mass is 390 g/mol. The molecule has 1 aliphatic rings. The van der Waals surface area contributed by atoms with E-state index in [1.807, 2.05) is 0 Å². The van der Waals surface area contributed by atoms with Gasteiger partial charge < -0.3 is 5.32 Å². The highest BCUT2D eigenvalue weighted by molar-refractivity contribution is 9.11. The molecule has 0 spiro atoms. The second-order valence-corrected chi connectivity index (χ2v) is 9.31. The highest BCUT2D eigenvalue weighted by Gasteiger charge is 2.33. The molecule has 1 aromatic heterocycles. The van der Waals surface area contributed by atoms with Gasteiger partial charge in [0.15, 0.2) is 0 Å². The third-order valence-electron chi connectivity index (χ3n) is 3.26. The van der Waals surface area contributed by atoms with Crippen molar-refractivity contribution in [2.45, 2.75) is 17.1 Å². The molecule has 114 valence electrons. The van der Waals surface area contributed by atoms with Gasteiger partial charge in [-0.15, -0.1) is 17.8 Å². The number of nitrogens with zero attached hydrogens (tertiary/aromatic N) is 1. The number of carbonyl (C=O) groups is 1. The summed E-state index contributed by atoms with van der Waals surface area (Å²) >= 11 is 4.44. The molecule has 1 amide bonds. The second-order valence-electron chi connectivity index (χ2n) is 4.68. The Labute approximate surface area is 136 Å². The molecule has 1 aromatic rings. The Bertz CT molecular complexity index is 663. The molecule has 8 heteroatoms. The molecule has 2 heterocycles. The van der Waals surface area contributed by atoms with Crippen molar-refractivity contribution in [1.82, 2.24) is 9.62 Å². The van der Waals surface area contributed by atoms with Crippen LogP contribution in [-0.4, -0.2) is 38.3 Å². The molecule has 1 N–H and O–H groups in total. The summed E-state index contributed by atoms with van der Waals surface area (Å²) in [6, 6.07) is 3.28. The van der Waals surface area contributed by atoms with Crippen LogP contribution >= 0.6 is 27.3 Å². The number of amides is 1. The molecule has 0 radical (unpaired) electrons. The zero-order valence-electron chi connectivity index (χ0n) is 11.2. The third kappa shape index (κ3) is 3.86. The van der Waals surface area contributed by atoms with E-state index in [1.54, 1.807) is 12.1 Å². The zero-order chi connectivity index (χ0) is 15.5. The normalized spacial score (nSPS) is 19.9. The number of hydrogen-bond donors (Lipinski definition) is 1. The maximum atomic E-state index is 12.5. The van der Waals surface area contributed by atoms with E-state index in [0.29, 0.717) is 23.6 Å². The van der Waals surface area contributed by atoms with Crippen LogP contribution in [0.4, 0.5) is 0 Å². The predicted molar refractivity (Wildman–Crippen MR) is 85.3 cm³/mol. The van der Waals surface area contributed by atoms with Gasteiger partial charge in [0.2, 0.25) is 5.91 Å². The van der Waals surface area contributed by atoms with Crippen LogP contribution in [0.2, 0.25) is 0 Å². The number of sulfonamides is 1. The van der Waals surface area contributed by atoms with Crippen molar-refractivity contribution in [2.24, 2.45) is 5.92 Å². The topological polar surface area (TPSA) is 66.5 Å². The van der Waals surface area contributed by atoms with E-state index < -0.39 is 10.0 Å². The first-order valence-electron chi connectivity index (χ1n) is 6.42. The maximum absolute atomic E-state index is 12.5. The van der Waals surface area contributed by atoms with Gasteiger partial charge >= 0.3 is 0 Å². The van der Waals surface area contributed by atoms with Gasteiger partial charge in [-0.1, -0.05) is 5.92 Å². The van der Waals surface area contributed by atoms with Crippen molar-refractivity contribution in [3.05, 3.63) is 15.9 Å². The van der Waals surface area contributed by atoms with Crippen molar-refractivity contribution in [2.75, 3.05) is 19.6 Å². The average molecular weight is 391 g/mol. The number of thiophene rings is 1. The Morgan fingerprint density at radius 2 is 2.33 bits per heavy atom. The second kappa shape index (κ2) is 6.92.